The number of ether oxygens (including phenoxy) is 2. The van der Waals surface area contributed by atoms with Gasteiger partial charge in [-0.25, -0.2) is 8.42 Å². The highest BCUT2D eigenvalue weighted by molar-refractivity contribution is 7.89. The van der Waals surface area contributed by atoms with E-state index in [9.17, 15) is 18.5 Å². The van der Waals surface area contributed by atoms with E-state index < -0.39 is 10.0 Å². The Labute approximate surface area is 176 Å². The second-order valence-electron chi connectivity index (χ2n) is 6.60. The van der Waals surface area contributed by atoms with Crippen LogP contribution in [-0.2, 0) is 10.0 Å². The molecule has 30 heavy (non-hydrogen) atoms. The second kappa shape index (κ2) is 9.15. The van der Waals surface area contributed by atoms with E-state index in [-0.39, 0.29) is 42.5 Å². The zero-order valence-electron chi connectivity index (χ0n) is 16.9. The quantitative estimate of drug-likeness (QED) is 0.697. The maximum absolute atomic E-state index is 12.9. The minimum atomic E-state index is -3.81. The summed E-state index contributed by atoms with van der Waals surface area (Å²) in [5, 5.41) is 9.21. The molecule has 8 nitrogen and oxygen atoms in total. The Kier molecular flexibility index (Phi) is 6.59. The van der Waals surface area contributed by atoms with Crippen LogP contribution in [0.25, 0.3) is 0 Å². The van der Waals surface area contributed by atoms with Gasteiger partial charge >= 0.3 is 0 Å². The van der Waals surface area contributed by atoms with Crippen LogP contribution in [0.2, 0.25) is 0 Å². The standard InChI is InChI=1S/C21H23N3O5S/c1-3-29-19-14-16(8-9-18(19)28-2)21(25)23-10-12-24(13-11-23)30(26,27)20-7-5-4-6-17(20)15-22/h4-9,14H,3,10-13H2,1-2H3. The largest absolute Gasteiger partial charge is 0.493 e. The van der Waals surface area contributed by atoms with Crippen molar-refractivity contribution in [2.24, 2.45) is 0 Å². The third kappa shape index (κ3) is 4.25. The topological polar surface area (TPSA) is 99.9 Å². The molecule has 1 aliphatic rings. The van der Waals surface area contributed by atoms with E-state index in [0.29, 0.717) is 23.7 Å². The Morgan fingerprint density at radius 3 is 2.43 bits per heavy atom. The molecule has 158 valence electrons. The molecule has 0 unspecified atom stereocenters. The van der Waals surface area contributed by atoms with Crippen LogP contribution in [0.3, 0.4) is 0 Å². The number of carbonyl (C=O) groups excluding carboxylic acids is 1. The van der Waals surface area contributed by atoms with E-state index in [4.69, 9.17) is 9.47 Å². The molecule has 0 aliphatic carbocycles. The van der Waals surface area contributed by atoms with Crippen LogP contribution < -0.4 is 9.47 Å². The molecule has 1 saturated heterocycles. The SMILES string of the molecule is CCOc1cc(C(=O)N2CCN(S(=O)(=O)c3ccccc3C#N)CC2)ccc1OC. The molecule has 0 bridgehead atoms. The molecule has 1 aliphatic heterocycles. The molecular formula is C21H23N3O5S. The van der Waals surface area contributed by atoms with Crippen LogP contribution in [0.15, 0.2) is 47.4 Å². The number of sulfonamides is 1. The van der Waals surface area contributed by atoms with Crippen molar-refractivity contribution in [2.45, 2.75) is 11.8 Å². The lowest BCUT2D eigenvalue weighted by Crippen LogP contribution is -2.50. The minimum Gasteiger partial charge on any atom is -0.493 e. The number of nitriles is 1. The van der Waals surface area contributed by atoms with Crippen LogP contribution in [0.5, 0.6) is 11.5 Å². The van der Waals surface area contributed by atoms with Crippen molar-refractivity contribution in [3.63, 3.8) is 0 Å². The van der Waals surface area contributed by atoms with E-state index >= 15 is 0 Å². The highest BCUT2D eigenvalue weighted by Crippen LogP contribution is 2.29. The maximum Gasteiger partial charge on any atom is 0.254 e. The fourth-order valence-electron chi connectivity index (χ4n) is 3.32. The number of hydrogen-bond donors (Lipinski definition) is 0. The third-order valence-corrected chi connectivity index (χ3v) is 6.82. The Morgan fingerprint density at radius 1 is 1.10 bits per heavy atom. The summed E-state index contributed by atoms with van der Waals surface area (Å²) in [5.74, 6) is 0.828. The van der Waals surface area contributed by atoms with E-state index in [1.165, 1.54) is 23.5 Å². The van der Waals surface area contributed by atoms with Crippen LogP contribution >= 0.6 is 0 Å². The lowest BCUT2D eigenvalue weighted by Gasteiger charge is -2.34. The van der Waals surface area contributed by atoms with Gasteiger partial charge in [0.1, 0.15) is 6.07 Å². The fourth-order valence-corrected chi connectivity index (χ4v) is 4.88. The highest BCUT2D eigenvalue weighted by atomic mass is 32.2. The van der Waals surface area contributed by atoms with Gasteiger partial charge < -0.3 is 14.4 Å². The van der Waals surface area contributed by atoms with Gasteiger partial charge in [0.25, 0.3) is 5.91 Å². The lowest BCUT2D eigenvalue weighted by atomic mass is 10.1. The first kappa shape index (κ1) is 21.6. The number of nitrogens with zero attached hydrogens (tertiary/aromatic N) is 3. The average Bonchev–Trinajstić information content (AvgIpc) is 2.78. The van der Waals surface area contributed by atoms with Crippen molar-refractivity contribution in [3.8, 4) is 17.6 Å². The summed E-state index contributed by atoms with van der Waals surface area (Å²) >= 11 is 0. The van der Waals surface area contributed by atoms with E-state index in [1.807, 2.05) is 13.0 Å². The van der Waals surface area contributed by atoms with Crippen molar-refractivity contribution in [3.05, 3.63) is 53.6 Å². The normalized spacial score (nSPS) is 14.8. The van der Waals surface area contributed by atoms with E-state index in [0.717, 1.165) is 0 Å². The first-order valence-corrected chi connectivity index (χ1v) is 11.0. The van der Waals surface area contributed by atoms with Crippen LogP contribution in [0.4, 0.5) is 0 Å². The Hall–Kier alpha value is -3.09. The van der Waals surface area contributed by atoms with Crippen molar-refractivity contribution < 1.29 is 22.7 Å². The van der Waals surface area contributed by atoms with E-state index in [1.54, 1.807) is 35.2 Å². The lowest BCUT2D eigenvalue weighted by molar-refractivity contribution is 0.0697. The molecule has 9 heteroatoms. The molecule has 1 fully saturated rings. The molecule has 3 rings (SSSR count). The first-order valence-electron chi connectivity index (χ1n) is 9.51. The first-order chi connectivity index (χ1) is 14.4. The molecular weight excluding hydrogens is 406 g/mol. The molecule has 0 N–H and O–H groups in total. The molecule has 1 heterocycles. The smallest absolute Gasteiger partial charge is 0.254 e. The van der Waals surface area contributed by atoms with Crippen molar-refractivity contribution in [2.75, 3.05) is 39.9 Å². The van der Waals surface area contributed by atoms with E-state index in [2.05, 4.69) is 0 Å². The zero-order chi connectivity index (χ0) is 21.7. The number of hydrogen-bond acceptors (Lipinski definition) is 6. The monoisotopic (exact) mass is 429 g/mol. The fraction of sp³-hybridized carbons (Fsp3) is 0.333. The summed E-state index contributed by atoms with van der Waals surface area (Å²) in [6, 6.07) is 13.0. The maximum atomic E-state index is 12.9. The Morgan fingerprint density at radius 2 is 1.80 bits per heavy atom. The number of benzene rings is 2. The number of methoxy groups -OCH3 is 1. The summed E-state index contributed by atoms with van der Waals surface area (Å²) in [5.41, 5.74) is 0.558. The number of carbonyl (C=O) groups is 1. The molecule has 1 amide bonds. The van der Waals surface area contributed by atoms with Gasteiger partial charge in [0.2, 0.25) is 10.0 Å². The zero-order valence-corrected chi connectivity index (χ0v) is 17.7. The predicted octanol–water partition coefficient (Wildman–Crippen LogP) is 2.11. The number of amides is 1. The van der Waals surface area contributed by atoms with Gasteiger partial charge in [-0.05, 0) is 37.3 Å². The van der Waals surface area contributed by atoms with Crippen LogP contribution in [0, 0.1) is 11.3 Å². The van der Waals surface area contributed by atoms with Gasteiger partial charge in [0, 0.05) is 31.7 Å². The predicted molar refractivity (Wildman–Crippen MR) is 110 cm³/mol. The van der Waals surface area contributed by atoms with Gasteiger partial charge in [-0.15, -0.1) is 0 Å². The average molecular weight is 429 g/mol. The molecule has 0 aromatic heterocycles. The van der Waals surface area contributed by atoms with Gasteiger partial charge in [0.15, 0.2) is 11.5 Å². The summed E-state index contributed by atoms with van der Waals surface area (Å²) in [7, 11) is -2.27. The second-order valence-corrected chi connectivity index (χ2v) is 8.51. The minimum absolute atomic E-state index is 0.0104. The van der Waals surface area contributed by atoms with Gasteiger partial charge in [-0.1, -0.05) is 12.1 Å². The summed E-state index contributed by atoms with van der Waals surface area (Å²) in [4.78, 5) is 14.5. The summed E-state index contributed by atoms with van der Waals surface area (Å²) < 4.78 is 38.0. The highest BCUT2D eigenvalue weighted by Gasteiger charge is 2.32. The number of rotatable bonds is 6. The molecule has 0 saturated carbocycles. The molecule has 0 atom stereocenters. The van der Waals surface area contributed by atoms with Gasteiger partial charge in [0.05, 0.1) is 24.2 Å². The molecule has 0 radical (unpaired) electrons. The van der Waals surface area contributed by atoms with Crippen molar-refractivity contribution in [1.82, 2.24) is 9.21 Å². The molecule has 2 aromatic carbocycles. The molecule has 2 aromatic rings. The Balaban J connectivity index is 1.73. The van der Waals surface area contributed by atoms with Crippen molar-refractivity contribution in [1.29, 1.82) is 5.26 Å². The van der Waals surface area contributed by atoms with Gasteiger partial charge in [-0.2, -0.15) is 9.57 Å². The van der Waals surface area contributed by atoms with Crippen LogP contribution in [0.1, 0.15) is 22.8 Å². The summed E-state index contributed by atoms with van der Waals surface area (Å²) in [6.07, 6.45) is 0. The Bertz CT molecular complexity index is 1070. The molecule has 0 spiro atoms. The van der Waals surface area contributed by atoms with Crippen molar-refractivity contribution >= 4 is 15.9 Å². The third-order valence-electron chi connectivity index (χ3n) is 4.86. The number of piperazine rings is 1. The van der Waals surface area contributed by atoms with Gasteiger partial charge in [-0.3, -0.25) is 4.79 Å². The van der Waals surface area contributed by atoms with Crippen LogP contribution in [-0.4, -0.2) is 63.4 Å². The summed E-state index contributed by atoms with van der Waals surface area (Å²) in [6.45, 7) is 3.10.